The predicted molar refractivity (Wildman–Crippen MR) is 65.9 cm³/mol. The van der Waals surface area contributed by atoms with Crippen LogP contribution in [0.1, 0.15) is 30.3 Å². The highest BCUT2D eigenvalue weighted by Crippen LogP contribution is 2.05. The molecule has 0 saturated heterocycles. The van der Waals surface area contributed by atoms with E-state index in [1.165, 1.54) is 0 Å². The van der Waals surface area contributed by atoms with Gasteiger partial charge in [-0.25, -0.2) is 4.79 Å². The van der Waals surface area contributed by atoms with Crippen molar-refractivity contribution in [2.45, 2.75) is 32.4 Å². The van der Waals surface area contributed by atoms with Crippen LogP contribution in [0.4, 0.5) is 0 Å². The summed E-state index contributed by atoms with van der Waals surface area (Å²) in [5, 5.41) is 19.7. The quantitative estimate of drug-likeness (QED) is 0.669. The molecule has 0 bridgehead atoms. The second-order valence-corrected chi connectivity index (χ2v) is 4.05. The summed E-state index contributed by atoms with van der Waals surface area (Å²) in [6, 6.07) is 1.80. The zero-order valence-corrected chi connectivity index (χ0v) is 10.5. The van der Waals surface area contributed by atoms with Crippen molar-refractivity contribution in [2.24, 2.45) is 0 Å². The van der Waals surface area contributed by atoms with Crippen LogP contribution < -0.4 is 5.32 Å². The number of hydrogen-bond acceptors (Lipinski definition) is 3. The molecule has 1 heterocycles. The number of rotatable bonds is 7. The van der Waals surface area contributed by atoms with E-state index in [2.05, 4.69) is 5.32 Å². The van der Waals surface area contributed by atoms with Crippen molar-refractivity contribution < 1.29 is 24.6 Å². The van der Waals surface area contributed by atoms with Gasteiger partial charge in [0.25, 0.3) is 5.91 Å². The van der Waals surface area contributed by atoms with E-state index in [1.807, 2.05) is 6.92 Å². The Bertz CT molecular complexity index is 480. The van der Waals surface area contributed by atoms with Crippen molar-refractivity contribution in [2.75, 3.05) is 0 Å². The zero-order valence-electron chi connectivity index (χ0n) is 10.5. The Hall–Kier alpha value is -2.31. The third-order valence-electron chi connectivity index (χ3n) is 2.51. The molecule has 1 aromatic rings. The average molecular weight is 268 g/mol. The zero-order chi connectivity index (χ0) is 14.4. The third-order valence-corrected chi connectivity index (χ3v) is 2.51. The molecule has 0 aliphatic rings. The Morgan fingerprint density at radius 3 is 2.58 bits per heavy atom. The van der Waals surface area contributed by atoms with Gasteiger partial charge in [0.2, 0.25) is 0 Å². The number of carbonyl (C=O) groups is 3. The van der Waals surface area contributed by atoms with E-state index in [9.17, 15) is 14.4 Å². The Labute approximate surface area is 109 Å². The van der Waals surface area contributed by atoms with Gasteiger partial charge < -0.3 is 20.1 Å². The fraction of sp³-hybridized carbons (Fsp3) is 0.417. The summed E-state index contributed by atoms with van der Waals surface area (Å²) in [7, 11) is 0. The topological polar surface area (TPSA) is 109 Å². The molecule has 0 unspecified atom stereocenters. The number of nitrogens with one attached hydrogen (secondary N) is 1. The van der Waals surface area contributed by atoms with Crippen molar-refractivity contribution in [3.8, 4) is 0 Å². The lowest BCUT2D eigenvalue weighted by Gasteiger charge is -2.13. The summed E-state index contributed by atoms with van der Waals surface area (Å²) in [4.78, 5) is 33.3. The smallest absolute Gasteiger partial charge is 0.326 e. The molecule has 7 heteroatoms. The molecule has 3 N–H and O–H groups in total. The van der Waals surface area contributed by atoms with Gasteiger partial charge in [0.05, 0.1) is 6.42 Å². The van der Waals surface area contributed by atoms with Gasteiger partial charge in [-0.1, -0.05) is 6.92 Å². The molecule has 1 aromatic heterocycles. The van der Waals surface area contributed by atoms with Gasteiger partial charge in [-0.3, -0.25) is 9.59 Å². The normalized spacial score (nSPS) is 11.8. The number of carboxylic acid groups (broad SMARTS) is 2. The molecule has 0 saturated carbocycles. The molecule has 0 aliphatic carbocycles. The Kier molecular flexibility index (Phi) is 5.11. The van der Waals surface area contributed by atoms with E-state index < -0.39 is 30.3 Å². The maximum Gasteiger partial charge on any atom is 0.326 e. The largest absolute Gasteiger partial charge is 0.481 e. The van der Waals surface area contributed by atoms with E-state index in [-0.39, 0.29) is 0 Å². The number of hydrogen-bond donors (Lipinski definition) is 3. The standard InChI is InChI=1S/C12H16N2O5/c1-2-5-14-6-3-4-9(14)11(17)13-8(12(18)19)7-10(15)16/h3-4,6,8H,2,5,7H2,1H3,(H,13,17)(H,15,16)(H,18,19)/t8-/m0/s1. The monoisotopic (exact) mass is 268 g/mol. The lowest BCUT2D eigenvalue weighted by molar-refractivity contribution is -0.145. The minimum absolute atomic E-state index is 0.318. The fourth-order valence-electron chi connectivity index (χ4n) is 1.66. The second-order valence-electron chi connectivity index (χ2n) is 4.05. The molecule has 0 aliphatic heterocycles. The molecular formula is C12H16N2O5. The molecular weight excluding hydrogens is 252 g/mol. The van der Waals surface area contributed by atoms with Crippen molar-refractivity contribution in [1.29, 1.82) is 0 Å². The first-order valence-corrected chi connectivity index (χ1v) is 5.86. The SMILES string of the molecule is CCCn1cccc1C(=O)N[C@@H](CC(=O)O)C(=O)O. The molecule has 1 amide bonds. The number of carboxylic acids is 2. The maximum absolute atomic E-state index is 11.9. The van der Waals surface area contributed by atoms with E-state index in [4.69, 9.17) is 10.2 Å². The molecule has 104 valence electrons. The fourth-order valence-corrected chi connectivity index (χ4v) is 1.66. The predicted octanol–water partition coefficient (Wildman–Crippen LogP) is 0.556. The molecule has 0 aromatic carbocycles. The molecule has 0 radical (unpaired) electrons. The van der Waals surface area contributed by atoms with E-state index >= 15 is 0 Å². The maximum atomic E-state index is 11.9. The first kappa shape index (κ1) is 14.7. The van der Waals surface area contributed by atoms with Crippen LogP contribution in [-0.4, -0.2) is 38.7 Å². The lowest BCUT2D eigenvalue weighted by atomic mass is 10.2. The molecule has 1 rings (SSSR count). The molecule has 7 nitrogen and oxygen atoms in total. The number of aromatic nitrogens is 1. The van der Waals surface area contributed by atoms with Gasteiger partial charge in [0.15, 0.2) is 0 Å². The van der Waals surface area contributed by atoms with Crippen molar-refractivity contribution in [3.05, 3.63) is 24.0 Å². The van der Waals surface area contributed by atoms with Gasteiger partial charge in [0, 0.05) is 12.7 Å². The second kappa shape index (κ2) is 6.58. The highest BCUT2D eigenvalue weighted by molar-refractivity contribution is 5.96. The summed E-state index contributed by atoms with van der Waals surface area (Å²) >= 11 is 0. The molecule has 19 heavy (non-hydrogen) atoms. The molecule has 1 atom stereocenters. The number of carbonyl (C=O) groups excluding carboxylic acids is 1. The first-order valence-electron chi connectivity index (χ1n) is 5.86. The van der Waals surface area contributed by atoms with Gasteiger partial charge in [-0.05, 0) is 18.6 Å². The van der Waals surface area contributed by atoms with E-state index in [0.29, 0.717) is 12.2 Å². The minimum atomic E-state index is -1.44. The summed E-state index contributed by atoms with van der Waals surface area (Å²) in [6.45, 7) is 2.58. The highest BCUT2D eigenvalue weighted by Gasteiger charge is 2.24. The Morgan fingerprint density at radius 2 is 2.05 bits per heavy atom. The van der Waals surface area contributed by atoms with Crippen LogP contribution in [0.25, 0.3) is 0 Å². The summed E-state index contributed by atoms with van der Waals surface area (Å²) < 4.78 is 1.69. The Balaban J connectivity index is 2.78. The van der Waals surface area contributed by atoms with Gasteiger partial charge in [-0.2, -0.15) is 0 Å². The number of nitrogens with zero attached hydrogens (tertiary/aromatic N) is 1. The number of aliphatic carboxylic acids is 2. The van der Waals surface area contributed by atoms with Gasteiger partial charge in [0.1, 0.15) is 11.7 Å². The van der Waals surface area contributed by atoms with Crippen LogP contribution in [0, 0.1) is 0 Å². The van der Waals surface area contributed by atoms with Gasteiger partial charge >= 0.3 is 11.9 Å². The molecule has 0 fully saturated rings. The first-order chi connectivity index (χ1) is 8.95. The van der Waals surface area contributed by atoms with Crippen molar-refractivity contribution in [1.82, 2.24) is 9.88 Å². The van der Waals surface area contributed by atoms with Crippen LogP contribution in [0.2, 0.25) is 0 Å². The minimum Gasteiger partial charge on any atom is -0.481 e. The Morgan fingerprint density at radius 1 is 1.37 bits per heavy atom. The summed E-state index contributed by atoms with van der Waals surface area (Å²) in [5.41, 5.74) is 0.318. The average Bonchev–Trinajstić information content (AvgIpc) is 2.76. The van der Waals surface area contributed by atoms with Crippen molar-refractivity contribution in [3.63, 3.8) is 0 Å². The van der Waals surface area contributed by atoms with Gasteiger partial charge in [-0.15, -0.1) is 0 Å². The van der Waals surface area contributed by atoms with E-state index in [1.54, 1.807) is 22.9 Å². The van der Waals surface area contributed by atoms with E-state index in [0.717, 1.165) is 6.42 Å². The van der Waals surface area contributed by atoms with Crippen LogP contribution in [0.5, 0.6) is 0 Å². The number of amides is 1. The van der Waals surface area contributed by atoms with Crippen LogP contribution in [0.15, 0.2) is 18.3 Å². The van der Waals surface area contributed by atoms with Crippen LogP contribution >= 0.6 is 0 Å². The third kappa shape index (κ3) is 4.13. The summed E-state index contributed by atoms with van der Waals surface area (Å²) in [6.07, 6.45) is 1.88. The summed E-state index contributed by atoms with van der Waals surface area (Å²) in [5.74, 6) is -3.24. The lowest BCUT2D eigenvalue weighted by Crippen LogP contribution is -2.42. The molecule has 0 spiro atoms. The van der Waals surface area contributed by atoms with Crippen LogP contribution in [0.3, 0.4) is 0 Å². The van der Waals surface area contributed by atoms with Crippen molar-refractivity contribution >= 4 is 17.8 Å². The van der Waals surface area contributed by atoms with Crippen LogP contribution in [-0.2, 0) is 16.1 Å². The number of aryl methyl sites for hydroxylation is 1. The highest BCUT2D eigenvalue weighted by atomic mass is 16.4.